The molecule has 160 valence electrons. The molecule has 0 radical (unpaired) electrons. The average Bonchev–Trinajstić information content (AvgIpc) is 2.90. The second-order valence-corrected chi connectivity index (χ2v) is 8.61. The van der Waals surface area contributed by atoms with Crippen molar-refractivity contribution in [2.75, 3.05) is 0 Å². The van der Waals surface area contributed by atoms with Gasteiger partial charge in [-0.1, -0.05) is 146 Å². The molecule has 0 bridgehead atoms. The Bertz CT molecular complexity index is 1190. The van der Waals surface area contributed by atoms with Gasteiger partial charge in [0.2, 0.25) is 0 Å². The molecule has 0 saturated carbocycles. The maximum Gasteiger partial charge on any atom is 0.0560 e. The summed E-state index contributed by atoms with van der Waals surface area (Å²) in [7, 11) is 0. The van der Waals surface area contributed by atoms with Crippen LogP contribution in [0, 0.1) is 6.92 Å². The maximum atomic E-state index is 2.30. The van der Waals surface area contributed by atoms with Crippen molar-refractivity contribution in [1.82, 2.24) is 0 Å². The molecule has 0 saturated heterocycles. The highest BCUT2D eigenvalue weighted by Crippen LogP contribution is 2.53. The summed E-state index contributed by atoms with van der Waals surface area (Å²) in [6.45, 7) is 2.23. The van der Waals surface area contributed by atoms with Crippen LogP contribution in [0.2, 0.25) is 0 Å². The lowest BCUT2D eigenvalue weighted by Gasteiger charge is -2.44. The van der Waals surface area contributed by atoms with Crippen molar-refractivity contribution in [1.29, 1.82) is 0 Å². The number of aryl methyl sites for hydroxylation is 1. The quantitative estimate of drug-likeness (QED) is 0.241. The molecule has 1 atom stereocenters. The van der Waals surface area contributed by atoms with E-state index in [1.165, 1.54) is 33.4 Å². The Morgan fingerprint density at radius 3 is 1.21 bits per heavy atom. The predicted molar refractivity (Wildman–Crippen MR) is 139 cm³/mol. The van der Waals surface area contributed by atoms with Gasteiger partial charge in [0.1, 0.15) is 0 Å². The molecule has 5 aromatic rings. The summed E-state index contributed by atoms with van der Waals surface area (Å²) in [6.07, 6.45) is 0. The zero-order chi connectivity index (χ0) is 22.5. The molecule has 0 fully saturated rings. The third kappa shape index (κ3) is 3.79. The average molecular weight is 425 g/mol. The second kappa shape index (κ2) is 9.30. The fraction of sp³-hybridized carbons (Fsp3) is 0.0909. The molecule has 0 heterocycles. The topological polar surface area (TPSA) is 0 Å². The zero-order valence-electron chi connectivity index (χ0n) is 18.9. The van der Waals surface area contributed by atoms with Crippen molar-refractivity contribution in [3.05, 3.63) is 179 Å². The van der Waals surface area contributed by atoms with Crippen LogP contribution in [-0.4, -0.2) is 0 Å². The minimum absolute atomic E-state index is 0.0899. The Morgan fingerprint density at radius 1 is 0.424 bits per heavy atom. The summed E-state index contributed by atoms with van der Waals surface area (Å²) >= 11 is 0. The van der Waals surface area contributed by atoms with Crippen molar-refractivity contribution in [2.24, 2.45) is 0 Å². The molecule has 0 aliphatic rings. The minimum Gasteiger partial charge on any atom is -0.0622 e. The van der Waals surface area contributed by atoms with E-state index in [4.69, 9.17) is 0 Å². The van der Waals surface area contributed by atoms with Gasteiger partial charge < -0.3 is 0 Å². The zero-order valence-corrected chi connectivity index (χ0v) is 18.9. The van der Waals surface area contributed by atoms with Gasteiger partial charge in [-0.15, -0.1) is 0 Å². The Kier molecular flexibility index (Phi) is 5.91. The molecule has 0 N–H and O–H groups in total. The molecular weight excluding hydrogens is 396 g/mol. The first-order chi connectivity index (χ1) is 16.3. The lowest BCUT2D eigenvalue weighted by molar-refractivity contribution is 0.535. The Labute approximate surface area is 197 Å². The van der Waals surface area contributed by atoms with Crippen LogP contribution in [0.4, 0.5) is 0 Å². The van der Waals surface area contributed by atoms with E-state index in [1.54, 1.807) is 0 Å². The van der Waals surface area contributed by atoms with Gasteiger partial charge in [-0.3, -0.25) is 0 Å². The van der Waals surface area contributed by atoms with E-state index in [2.05, 4.69) is 153 Å². The fourth-order valence-electron chi connectivity index (χ4n) is 5.32. The normalized spacial score (nSPS) is 12.3. The molecule has 0 aliphatic carbocycles. The van der Waals surface area contributed by atoms with Crippen LogP contribution in [0.15, 0.2) is 146 Å². The third-order valence-electron chi connectivity index (χ3n) is 6.75. The van der Waals surface area contributed by atoms with Gasteiger partial charge in [0.15, 0.2) is 0 Å². The summed E-state index contributed by atoms with van der Waals surface area (Å²) in [5.41, 5.74) is 7.43. The van der Waals surface area contributed by atoms with Gasteiger partial charge in [0, 0.05) is 5.92 Å². The predicted octanol–water partition coefficient (Wildman–Crippen LogP) is 8.16. The second-order valence-electron chi connectivity index (χ2n) is 8.61. The van der Waals surface area contributed by atoms with Crippen molar-refractivity contribution in [3.8, 4) is 0 Å². The lowest BCUT2D eigenvalue weighted by Crippen LogP contribution is -2.37. The monoisotopic (exact) mass is 424 g/mol. The Hall–Kier alpha value is -3.90. The highest BCUT2D eigenvalue weighted by molar-refractivity contribution is 5.59. The summed E-state index contributed by atoms with van der Waals surface area (Å²) < 4.78 is 0. The first kappa shape index (κ1) is 21.0. The van der Waals surface area contributed by atoms with Crippen LogP contribution in [-0.2, 0) is 5.41 Å². The van der Waals surface area contributed by atoms with Crippen molar-refractivity contribution in [3.63, 3.8) is 0 Å². The number of benzene rings is 5. The van der Waals surface area contributed by atoms with E-state index in [0.29, 0.717) is 0 Å². The van der Waals surface area contributed by atoms with Crippen LogP contribution in [0.1, 0.15) is 39.3 Å². The molecule has 5 rings (SSSR count). The van der Waals surface area contributed by atoms with Crippen molar-refractivity contribution in [2.45, 2.75) is 18.3 Å². The van der Waals surface area contributed by atoms with Gasteiger partial charge in [0.05, 0.1) is 5.41 Å². The molecular formula is C33H28. The standard InChI is InChI=1S/C33H28/c1-26-16-14-15-25-31(26)32(27-17-6-2-7-18-27)33(28-19-8-3-9-20-28,29-21-10-4-11-22-29)30-23-12-5-13-24-30/h2-25,32H,1H3. The SMILES string of the molecule is Cc1ccccc1C(c1ccccc1)C(c1ccccc1)(c1ccccc1)c1ccccc1. The molecule has 0 heteroatoms. The van der Waals surface area contributed by atoms with Gasteiger partial charge in [0.25, 0.3) is 0 Å². The van der Waals surface area contributed by atoms with E-state index in [0.717, 1.165) is 0 Å². The summed E-state index contributed by atoms with van der Waals surface area (Å²) in [5.74, 6) is 0.0899. The van der Waals surface area contributed by atoms with Crippen LogP contribution in [0.3, 0.4) is 0 Å². The summed E-state index contributed by atoms with van der Waals surface area (Å²) in [5, 5.41) is 0. The highest BCUT2D eigenvalue weighted by Gasteiger charge is 2.45. The van der Waals surface area contributed by atoms with E-state index in [9.17, 15) is 0 Å². The van der Waals surface area contributed by atoms with Gasteiger partial charge in [-0.25, -0.2) is 0 Å². The van der Waals surface area contributed by atoms with E-state index < -0.39 is 5.41 Å². The fourth-order valence-corrected chi connectivity index (χ4v) is 5.32. The molecule has 0 nitrogen and oxygen atoms in total. The third-order valence-corrected chi connectivity index (χ3v) is 6.75. The summed E-state index contributed by atoms with van der Waals surface area (Å²) in [6, 6.07) is 52.8. The highest BCUT2D eigenvalue weighted by atomic mass is 14.5. The first-order valence-electron chi connectivity index (χ1n) is 11.6. The largest absolute Gasteiger partial charge is 0.0622 e. The molecule has 33 heavy (non-hydrogen) atoms. The van der Waals surface area contributed by atoms with Gasteiger partial charge >= 0.3 is 0 Å². The van der Waals surface area contributed by atoms with Crippen LogP contribution in [0.25, 0.3) is 0 Å². The molecule has 0 amide bonds. The Morgan fingerprint density at radius 2 is 0.788 bits per heavy atom. The van der Waals surface area contributed by atoms with Crippen LogP contribution < -0.4 is 0 Å². The Balaban J connectivity index is 1.97. The molecule has 0 spiro atoms. The maximum absolute atomic E-state index is 2.30. The molecule has 1 unspecified atom stereocenters. The smallest absolute Gasteiger partial charge is 0.0560 e. The number of rotatable bonds is 6. The lowest BCUT2D eigenvalue weighted by atomic mass is 9.57. The number of hydrogen-bond donors (Lipinski definition) is 0. The van der Waals surface area contributed by atoms with Crippen molar-refractivity contribution >= 4 is 0 Å². The molecule has 0 aliphatic heterocycles. The summed E-state index contributed by atoms with van der Waals surface area (Å²) in [4.78, 5) is 0. The van der Waals surface area contributed by atoms with E-state index >= 15 is 0 Å². The molecule has 5 aromatic carbocycles. The molecule has 0 aromatic heterocycles. The van der Waals surface area contributed by atoms with Crippen LogP contribution in [0.5, 0.6) is 0 Å². The minimum atomic E-state index is -0.406. The van der Waals surface area contributed by atoms with Gasteiger partial charge in [-0.05, 0) is 40.3 Å². The number of hydrogen-bond acceptors (Lipinski definition) is 0. The van der Waals surface area contributed by atoms with Gasteiger partial charge in [-0.2, -0.15) is 0 Å². The first-order valence-corrected chi connectivity index (χ1v) is 11.6. The van der Waals surface area contributed by atoms with E-state index in [-0.39, 0.29) is 5.92 Å². The van der Waals surface area contributed by atoms with Crippen molar-refractivity contribution < 1.29 is 0 Å². The van der Waals surface area contributed by atoms with E-state index in [1.807, 2.05) is 0 Å². The van der Waals surface area contributed by atoms with Crippen LogP contribution >= 0.6 is 0 Å².